The molecule has 0 aliphatic rings. The third-order valence-electron chi connectivity index (χ3n) is 6.43. The topological polar surface area (TPSA) is 96.0 Å². The molecule has 0 heterocycles. The van der Waals surface area contributed by atoms with Crippen LogP contribution in [0.4, 0.5) is 5.69 Å². The Balaban J connectivity index is 2.06. The first-order chi connectivity index (χ1) is 18.5. The lowest BCUT2D eigenvalue weighted by Crippen LogP contribution is -2.51. The molecule has 0 bridgehead atoms. The van der Waals surface area contributed by atoms with E-state index in [-0.39, 0.29) is 23.0 Å². The second kappa shape index (κ2) is 13.0. The Morgan fingerprint density at radius 1 is 1.00 bits per heavy atom. The lowest BCUT2D eigenvalue weighted by atomic mass is 10.1. The SMILES string of the molecule is CCNC(=O)[C@H](C)N(Cc1ccc(OC)cc1)C(=O)CN(c1cccc(Cl)c1C)S(=O)(=O)c1ccc(C)cc1. The van der Waals surface area contributed by atoms with Gasteiger partial charge in [-0.3, -0.25) is 13.9 Å². The molecular formula is C29H34ClN3O5S. The van der Waals surface area contributed by atoms with Crippen LogP contribution in [0, 0.1) is 13.8 Å². The Morgan fingerprint density at radius 3 is 2.23 bits per heavy atom. The molecule has 0 fully saturated rings. The van der Waals surface area contributed by atoms with Crippen molar-refractivity contribution in [2.75, 3.05) is 24.5 Å². The number of carbonyl (C=O) groups is 2. The molecule has 0 saturated heterocycles. The number of nitrogens with one attached hydrogen (secondary N) is 1. The van der Waals surface area contributed by atoms with Gasteiger partial charge in [0, 0.05) is 18.1 Å². The van der Waals surface area contributed by atoms with Crippen LogP contribution in [-0.4, -0.2) is 51.4 Å². The van der Waals surface area contributed by atoms with Gasteiger partial charge in [0.1, 0.15) is 18.3 Å². The number of likely N-dealkylation sites (N-methyl/N-ethyl adjacent to an activating group) is 1. The molecule has 8 nitrogen and oxygen atoms in total. The Morgan fingerprint density at radius 2 is 1.64 bits per heavy atom. The molecule has 10 heteroatoms. The summed E-state index contributed by atoms with van der Waals surface area (Å²) in [5, 5.41) is 3.12. The standard InChI is InChI=1S/C29H34ClN3O5S/c1-6-31-29(35)22(4)32(18-23-12-14-24(38-5)15-13-23)28(34)19-33(27-9-7-8-26(30)21(27)3)39(36,37)25-16-10-20(2)11-17-25/h7-17,22H,6,18-19H2,1-5H3,(H,31,35)/t22-/m0/s1. The zero-order valence-corrected chi connectivity index (χ0v) is 24.3. The van der Waals surface area contributed by atoms with Crippen LogP contribution in [0.15, 0.2) is 71.6 Å². The summed E-state index contributed by atoms with van der Waals surface area (Å²) in [6.07, 6.45) is 0. The van der Waals surface area contributed by atoms with Crippen molar-refractivity contribution in [3.8, 4) is 5.75 Å². The molecule has 3 aromatic rings. The molecule has 1 N–H and O–H groups in total. The minimum atomic E-state index is -4.17. The Bertz CT molecular complexity index is 1410. The number of hydrogen-bond acceptors (Lipinski definition) is 5. The molecule has 0 aliphatic carbocycles. The number of hydrogen-bond donors (Lipinski definition) is 1. The van der Waals surface area contributed by atoms with Crippen molar-refractivity contribution in [3.63, 3.8) is 0 Å². The zero-order chi connectivity index (χ0) is 28.7. The maximum absolute atomic E-state index is 13.9. The number of rotatable bonds is 11. The summed E-state index contributed by atoms with van der Waals surface area (Å²) >= 11 is 6.35. The van der Waals surface area contributed by atoms with E-state index in [0.29, 0.717) is 22.9 Å². The first-order valence-electron chi connectivity index (χ1n) is 12.5. The van der Waals surface area contributed by atoms with Gasteiger partial charge in [-0.25, -0.2) is 8.42 Å². The molecule has 208 valence electrons. The third kappa shape index (κ3) is 7.10. The van der Waals surface area contributed by atoms with Crippen LogP contribution in [0.5, 0.6) is 5.75 Å². The predicted octanol–water partition coefficient (Wildman–Crippen LogP) is 4.71. The molecule has 39 heavy (non-hydrogen) atoms. The number of benzene rings is 3. The van der Waals surface area contributed by atoms with Gasteiger partial charge in [0.05, 0.1) is 17.7 Å². The molecule has 3 aromatic carbocycles. The van der Waals surface area contributed by atoms with Gasteiger partial charge >= 0.3 is 0 Å². The normalized spacial score (nSPS) is 11.9. The monoisotopic (exact) mass is 571 g/mol. The average molecular weight is 572 g/mol. The number of methoxy groups -OCH3 is 1. The van der Waals surface area contributed by atoms with Crippen LogP contribution in [0.1, 0.15) is 30.5 Å². The summed E-state index contributed by atoms with van der Waals surface area (Å²) in [5.41, 5.74) is 2.46. The number of amides is 2. The van der Waals surface area contributed by atoms with E-state index >= 15 is 0 Å². The van der Waals surface area contributed by atoms with Gasteiger partial charge in [-0.1, -0.05) is 47.5 Å². The zero-order valence-electron chi connectivity index (χ0n) is 22.8. The summed E-state index contributed by atoms with van der Waals surface area (Å²) < 4.78 is 34.1. The van der Waals surface area contributed by atoms with Crippen molar-refractivity contribution < 1.29 is 22.7 Å². The highest BCUT2D eigenvalue weighted by molar-refractivity contribution is 7.92. The number of aryl methyl sites for hydroxylation is 1. The molecule has 0 radical (unpaired) electrons. The van der Waals surface area contributed by atoms with Gasteiger partial charge in [0.25, 0.3) is 10.0 Å². The highest BCUT2D eigenvalue weighted by Crippen LogP contribution is 2.31. The molecule has 0 saturated carbocycles. The van der Waals surface area contributed by atoms with E-state index in [9.17, 15) is 18.0 Å². The molecule has 0 spiro atoms. The Labute approximate surface area is 235 Å². The van der Waals surface area contributed by atoms with Gasteiger partial charge in [-0.15, -0.1) is 0 Å². The Kier molecular flexibility index (Phi) is 9.99. The minimum Gasteiger partial charge on any atom is -0.497 e. The van der Waals surface area contributed by atoms with Gasteiger partial charge in [-0.05, 0) is 75.2 Å². The van der Waals surface area contributed by atoms with Crippen LogP contribution >= 0.6 is 11.6 Å². The molecule has 0 unspecified atom stereocenters. The van der Waals surface area contributed by atoms with Crippen molar-refractivity contribution in [1.82, 2.24) is 10.2 Å². The van der Waals surface area contributed by atoms with E-state index in [4.69, 9.17) is 16.3 Å². The number of anilines is 1. The molecule has 1 atom stereocenters. The van der Waals surface area contributed by atoms with Crippen LogP contribution in [0.25, 0.3) is 0 Å². The van der Waals surface area contributed by atoms with Crippen LogP contribution in [-0.2, 0) is 26.2 Å². The highest BCUT2D eigenvalue weighted by atomic mass is 35.5. The summed E-state index contributed by atoms with van der Waals surface area (Å²) in [6, 6.07) is 17.6. The second-order valence-electron chi connectivity index (χ2n) is 9.15. The van der Waals surface area contributed by atoms with Gasteiger partial charge in [0.2, 0.25) is 11.8 Å². The molecule has 0 aliphatic heterocycles. The maximum atomic E-state index is 13.9. The van der Waals surface area contributed by atoms with Crippen molar-refractivity contribution in [3.05, 3.63) is 88.4 Å². The van der Waals surface area contributed by atoms with Crippen molar-refractivity contribution >= 4 is 39.1 Å². The van der Waals surface area contributed by atoms with Crippen molar-refractivity contribution in [1.29, 1.82) is 0 Å². The quantitative estimate of drug-likeness (QED) is 0.359. The lowest BCUT2D eigenvalue weighted by molar-refractivity contribution is -0.139. The smallest absolute Gasteiger partial charge is 0.264 e. The van der Waals surface area contributed by atoms with Crippen LogP contribution in [0.2, 0.25) is 5.02 Å². The number of ether oxygens (including phenoxy) is 1. The molecule has 2 amide bonds. The van der Waals surface area contributed by atoms with E-state index in [1.54, 1.807) is 82.5 Å². The van der Waals surface area contributed by atoms with Gasteiger partial charge < -0.3 is 15.0 Å². The summed E-state index contributed by atoms with van der Waals surface area (Å²) in [5.74, 6) is -0.230. The Hall–Kier alpha value is -3.56. The second-order valence-corrected chi connectivity index (χ2v) is 11.4. The number of nitrogens with zero attached hydrogens (tertiary/aromatic N) is 2. The van der Waals surface area contributed by atoms with E-state index in [2.05, 4.69) is 5.32 Å². The lowest BCUT2D eigenvalue weighted by Gasteiger charge is -2.32. The minimum absolute atomic E-state index is 0.0405. The fourth-order valence-electron chi connectivity index (χ4n) is 4.05. The number of halogens is 1. The molecule has 0 aromatic heterocycles. The summed E-state index contributed by atoms with van der Waals surface area (Å²) in [7, 11) is -2.61. The summed E-state index contributed by atoms with van der Waals surface area (Å²) in [6.45, 7) is 6.92. The summed E-state index contributed by atoms with van der Waals surface area (Å²) in [4.78, 5) is 28.1. The average Bonchev–Trinajstić information content (AvgIpc) is 2.92. The molecular weight excluding hydrogens is 538 g/mol. The predicted molar refractivity (Wildman–Crippen MR) is 154 cm³/mol. The van der Waals surface area contributed by atoms with Crippen LogP contribution in [0.3, 0.4) is 0 Å². The largest absolute Gasteiger partial charge is 0.497 e. The molecule has 3 rings (SSSR count). The first kappa shape index (κ1) is 30.0. The van der Waals surface area contributed by atoms with Crippen LogP contribution < -0.4 is 14.4 Å². The third-order valence-corrected chi connectivity index (χ3v) is 8.61. The van der Waals surface area contributed by atoms with E-state index in [0.717, 1.165) is 15.4 Å². The van der Waals surface area contributed by atoms with Crippen molar-refractivity contribution in [2.45, 2.75) is 45.2 Å². The highest BCUT2D eigenvalue weighted by Gasteiger charge is 2.33. The van der Waals surface area contributed by atoms with Gasteiger partial charge in [-0.2, -0.15) is 0 Å². The number of sulfonamides is 1. The van der Waals surface area contributed by atoms with E-state index in [1.165, 1.54) is 17.0 Å². The van der Waals surface area contributed by atoms with E-state index < -0.39 is 28.5 Å². The van der Waals surface area contributed by atoms with E-state index in [1.807, 2.05) is 6.92 Å². The van der Waals surface area contributed by atoms with Crippen molar-refractivity contribution in [2.24, 2.45) is 0 Å². The maximum Gasteiger partial charge on any atom is 0.264 e. The van der Waals surface area contributed by atoms with Gasteiger partial charge in [0.15, 0.2) is 0 Å². The number of carbonyl (C=O) groups excluding carboxylic acids is 2. The first-order valence-corrected chi connectivity index (χ1v) is 14.4. The fraction of sp³-hybridized carbons (Fsp3) is 0.310. The fourth-order valence-corrected chi connectivity index (χ4v) is 5.69.